The van der Waals surface area contributed by atoms with Gasteiger partial charge in [0, 0.05) is 13.1 Å². The summed E-state index contributed by atoms with van der Waals surface area (Å²) in [6.07, 6.45) is 0.00132. The molecule has 3 N–H and O–H groups in total. The second-order valence-corrected chi connectivity index (χ2v) is 3.84. The second-order valence-electron chi connectivity index (χ2n) is 3.84. The Labute approximate surface area is 88.0 Å². The van der Waals surface area contributed by atoms with Gasteiger partial charge in [0.1, 0.15) is 6.04 Å². The summed E-state index contributed by atoms with van der Waals surface area (Å²) >= 11 is 0. The number of nitrogens with one attached hydrogen (secondary N) is 2. The molecule has 1 unspecified atom stereocenters. The zero-order chi connectivity index (χ0) is 11.5. The maximum absolute atomic E-state index is 11.2. The first kappa shape index (κ1) is 11.9. The maximum Gasteiger partial charge on any atom is 0.322 e. The lowest BCUT2D eigenvalue weighted by molar-refractivity contribution is -0.145. The van der Waals surface area contributed by atoms with E-state index in [9.17, 15) is 9.59 Å². The highest BCUT2D eigenvalue weighted by molar-refractivity contribution is 5.75. The van der Waals surface area contributed by atoms with E-state index >= 15 is 0 Å². The van der Waals surface area contributed by atoms with Crippen LogP contribution in [-0.4, -0.2) is 48.8 Å². The van der Waals surface area contributed by atoms with Gasteiger partial charge in [0.15, 0.2) is 0 Å². The van der Waals surface area contributed by atoms with Crippen LogP contribution < -0.4 is 10.6 Å². The lowest BCUT2D eigenvalue weighted by Gasteiger charge is -2.43. The minimum atomic E-state index is -0.874. The summed E-state index contributed by atoms with van der Waals surface area (Å²) in [4.78, 5) is 21.8. The quantitative estimate of drug-likeness (QED) is 0.508. The topological polar surface area (TPSA) is 87.7 Å². The van der Waals surface area contributed by atoms with Crippen LogP contribution in [0, 0.1) is 0 Å². The molecule has 0 radical (unpaired) electrons. The van der Waals surface area contributed by atoms with Crippen molar-refractivity contribution in [1.82, 2.24) is 10.6 Å². The van der Waals surface area contributed by atoms with Crippen LogP contribution in [0.1, 0.15) is 13.3 Å². The Morgan fingerprint density at radius 1 is 1.60 bits per heavy atom. The molecule has 6 heteroatoms. The lowest BCUT2D eigenvalue weighted by atomic mass is 9.87. The van der Waals surface area contributed by atoms with Crippen molar-refractivity contribution in [2.75, 3.05) is 20.2 Å². The van der Waals surface area contributed by atoms with Gasteiger partial charge in [-0.1, -0.05) is 0 Å². The molecule has 1 heterocycles. The van der Waals surface area contributed by atoms with E-state index in [1.165, 1.54) is 7.11 Å². The molecule has 0 saturated carbocycles. The van der Waals surface area contributed by atoms with Crippen molar-refractivity contribution in [2.45, 2.75) is 24.9 Å². The molecule has 0 aromatic heterocycles. The molecule has 0 aliphatic carbocycles. The number of carbonyl (C=O) groups is 2. The van der Waals surface area contributed by atoms with Crippen LogP contribution in [0.15, 0.2) is 0 Å². The van der Waals surface area contributed by atoms with Gasteiger partial charge in [0.25, 0.3) is 0 Å². The SMILES string of the molecule is COC(=O)C(C)NC1(CC(=O)O)CNC1. The molecule has 0 spiro atoms. The molecule has 0 aromatic rings. The van der Waals surface area contributed by atoms with Crippen LogP contribution in [0.2, 0.25) is 0 Å². The van der Waals surface area contributed by atoms with Crippen LogP contribution >= 0.6 is 0 Å². The molecule has 86 valence electrons. The summed E-state index contributed by atoms with van der Waals surface area (Å²) in [5.41, 5.74) is -0.514. The molecule has 1 aliphatic heterocycles. The molecule has 1 atom stereocenters. The van der Waals surface area contributed by atoms with E-state index in [4.69, 9.17) is 5.11 Å². The third-order valence-corrected chi connectivity index (χ3v) is 2.49. The van der Waals surface area contributed by atoms with Crippen molar-refractivity contribution in [1.29, 1.82) is 0 Å². The molecule has 1 aliphatic rings. The van der Waals surface area contributed by atoms with Gasteiger partial charge in [0.05, 0.1) is 19.1 Å². The van der Waals surface area contributed by atoms with Crippen LogP contribution in [0.3, 0.4) is 0 Å². The predicted octanol–water partition coefficient (Wildman–Crippen LogP) is -1.05. The van der Waals surface area contributed by atoms with Crippen molar-refractivity contribution in [3.63, 3.8) is 0 Å². The summed E-state index contributed by atoms with van der Waals surface area (Å²) in [5.74, 6) is -1.26. The Balaban J connectivity index is 2.52. The first-order valence-corrected chi connectivity index (χ1v) is 4.77. The minimum absolute atomic E-state index is 0.00132. The number of rotatable bonds is 5. The van der Waals surface area contributed by atoms with Crippen molar-refractivity contribution in [3.8, 4) is 0 Å². The van der Waals surface area contributed by atoms with E-state index in [2.05, 4.69) is 15.4 Å². The van der Waals surface area contributed by atoms with Gasteiger partial charge in [-0.05, 0) is 6.92 Å². The molecule has 1 rings (SSSR count). The largest absolute Gasteiger partial charge is 0.481 e. The number of esters is 1. The average Bonchev–Trinajstić information content (AvgIpc) is 2.12. The summed E-state index contributed by atoms with van der Waals surface area (Å²) in [6.45, 7) is 2.77. The Kier molecular flexibility index (Phi) is 3.65. The van der Waals surface area contributed by atoms with Gasteiger partial charge in [-0.25, -0.2) is 0 Å². The number of carbonyl (C=O) groups excluding carboxylic acids is 1. The minimum Gasteiger partial charge on any atom is -0.481 e. The highest BCUT2D eigenvalue weighted by atomic mass is 16.5. The molecule has 6 nitrogen and oxygen atoms in total. The van der Waals surface area contributed by atoms with Gasteiger partial charge in [-0.15, -0.1) is 0 Å². The maximum atomic E-state index is 11.2. The third kappa shape index (κ3) is 2.90. The fraction of sp³-hybridized carbons (Fsp3) is 0.778. The highest BCUT2D eigenvalue weighted by Gasteiger charge is 2.40. The van der Waals surface area contributed by atoms with Crippen LogP contribution in [-0.2, 0) is 14.3 Å². The predicted molar refractivity (Wildman–Crippen MR) is 52.5 cm³/mol. The number of aliphatic carboxylic acids is 1. The van der Waals surface area contributed by atoms with Crippen molar-refractivity contribution in [2.24, 2.45) is 0 Å². The number of hydrogen-bond acceptors (Lipinski definition) is 5. The Morgan fingerprint density at radius 2 is 2.20 bits per heavy atom. The number of hydrogen-bond donors (Lipinski definition) is 3. The smallest absolute Gasteiger partial charge is 0.322 e. The zero-order valence-electron chi connectivity index (χ0n) is 8.87. The van der Waals surface area contributed by atoms with Gasteiger partial charge in [0.2, 0.25) is 0 Å². The molecular weight excluding hydrogens is 200 g/mol. The van der Waals surface area contributed by atoms with Gasteiger partial charge in [-0.3, -0.25) is 14.9 Å². The van der Waals surface area contributed by atoms with E-state index in [1.54, 1.807) is 6.92 Å². The normalized spacial score (nSPS) is 20.1. The van der Waals surface area contributed by atoms with Crippen LogP contribution in [0.5, 0.6) is 0 Å². The summed E-state index contributed by atoms with van der Waals surface area (Å²) in [7, 11) is 1.31. The lowest BCUT2D eigenvalue weighted by Crippen LogP contribution is -2.70. The van der Waals surface area contributed by atoms with E-state index in [0.29, 0.717) is 13.1 Å². The van der Waals surface area contributed by atoms with E-state index in [0.717, 1.165) is 0 Å². The third-order valence-electron chi connectivity index (χ3n) is 2.49. The summed E-state index contributed by atoms with van der Waals surface area (Å²) in [5, 5.41) is 14.7. The first-order valence-electron chi connectivity index (χ1n) is 4.77. The monoisotopic (exact) mass is 216 g/mol. The Hall–Kier alpha value is -1.14. The van der Waals surface area contributed by atoms with Gasteiger partial charge in [-0.2, -0.15) is 0 Å². The molecule has 0 aromatic carbocycles. The standard InChI is InChI=1S/C9H16N2O4/c1-6(8(14)15-2)11-9(3-7(12)13)4-10-5-9/h6,10-11H,3-5H2,1-2H3,(H,12,13). The fourth-order valence-corrected chi connectivity index (χ4v) is 1.69. The van der Waals surface area contributed by atoms with Crippen molar-refractivity contribution < 1.29 is 19.4 Å². The number of ether oxygens (including phenoxy) is 1. The zero-order valence-corrected chi connectivity index (χ0v) is 8.87. The number of carboxylic acid groups (broad SMARTS) is 1. The molecule has 1 fully saturated rings. The second kappa shape index (κ2) is 4.59. The number of methoxy groups -OCH3 is 1. The Bertz CT molecular complexity index is 263. The van der Waals surface area contributed by atoms with Gasteiger partial charge < -0.3 is 15.2 Å². The average molecular weight is 216 g/mol. The highest BCUT2D eigenvalue weighted by Crippen LogP contribution is 2.17. The van der Waals surface area contributed by atoms with Crippen LogP contribution in [0.4, 0.5) is 0 Å². The molecule has 0 bridgehead atoms. The fourth-order valence-electron chi connectivity index (χ4n) is 1.69. The molecule has 1 saturated heterocycles. The molecular formula is C9H16N2O4. The summed E-state index contributed by atoms with van der Waals surface area (Å²) in [6, 6.07) is -0.489. The Morgan fingerprint density at radius 3 is 2.53 bits per heavy atom. The van der Waals surface area contributed by atoms with E-state index in [1.807, 2.05) is 0 Å². The van der Waals surface area contributed by atoms with E-state index < -0.39 is 17.6 Å². The summed E-state index contributed by atoms with van der Waals surface area (Å²) < 4.78 is 4.56. The molecule has 0 amide bonds. The van der Waals surface area contributed by atoms with Crippen LogP contribution in [0.25, 0.3) is 0 Å². The first-order chi connectivity index (χ1) is 6.99. The molecule has 15 heavy (non-hydrogen) atoms. The van der Waals surface area contributed by atoms with Gasteiger partial charge >= 0.3 is 11.9 Å². The van der Waals surface area contributed by atoms with E-state index in [-0.39, 0.29) is 12.4 Å². The van der Waals surface area contributed by atoms with Crippen molar-refractivity contribution in [3.05, 3.63) is 0 Å². The number of carboxylic acids is 1. The van der Waals surface area contributed by atoms with Crippen molar-refractivity contribution >= 4 is 11.9 Å².